The van der Waals surface area contributed by atoms with Crippen LogP contribution in [-0.4, -0.2) is 10.1 Å². The van der Waals surface area contributed by atoms with Crippen LogP contribution in [-0.2, 0) is 5.33 Å². The third-order valence-electron chi connectivity index (χ3n) is 1.02. The molecule has 0 aromatic carbocycles. The molecule has 1 N–H and O–H groups in total. The molecule has 1 aromatic rings. The third-order valence-corrected chi connectivity index (χ3v) is 2.18. The summed E-state index contributed by atoms with van der Waals surface area (Å²) in [7, 11) is 0. The van der Waals surface area contributed by atoms with Crippen LogP contribution in [0.15, 0.2) is 16.7 Å². The van der Waals surface area contributed by atoms with Crippen molar-refractivity contribution in [3.63, 3.8) is 0 Å². The first-order valence-corrected chi connectivity index (χ1v) is 4.56. The molecule has 2 nitrogen and oxygen atoms in total. The Labute approximate surface area is 75.5 Å². The lowest BCUT2D eigenvalue weighted by Crippen LogP contribution is -1.84. The summed E-state index contributed by atoms with van der Waals surface area (Å²) in [6.45, 7) is 0. The topological polar surface area (TPSA) is 33.1 Å². The van der Waals surface area contributed by atoms with Gasteiger partial charge in [-0.05, 0) is 28.1 Å². The molecular formula is C6H5Br2NO. The zero-order valence-electron chi connectivity index (χ0n) is 5.01. The van der Waals surface area contributed by atoms with E-state index in [1.165, 1.54) is 0 Å². The maximum Gasteiger partial charge on any atom is 0.148 e. The minimum atomic E-state index is 0.171. The zero-order valence-corrected chi connectivity index (χ0v) is 8.18. The third kappa shape index (κ3) is 1.70. The maximum absolute atomic E-state index is 9.01. The highest BCUT2D eigenvalue weighted by Gasteiger charge is 1.98. The van der Waals surface area contributed by atoms with Crippen molar-refractivity contribution in [2.45, 2.75) is 5.33 Å². The lowest BCUT2D eigenvalue weighted by atomic mass is 10.4. The van der Waals surface area contributed by atoms with Crippen LogP contribution in [0.2, 0.25) is 0 Å². The second-order valence-corrected chi connectivity index (χ2v) is 3.06. The Bertz CT molecular complexity index is 239. The van der Waals surface area contributed by atoms with Crippen molar-refractivity contribution in [2.24, 2.45) is 0 Å². The highest BCUT2D eigenvalue weighted by molar-refractivity contribution is 9.10. The van der Waals surface area contributed by atoms with E-state index < -0.39 is 0 Å². The minimum Gasteiger partial charge on any atom is -0.505 e. The van der Waals surface area contributed by atoms with E-state index in [0.29, 0.717) is 9.93 Å². The molecule has 0 atom stereocenters. The fourth-order valence-electron chi connectivity index (χ4n) is 0.539. The lowest BCUT2D eigenvalue weighted by Gasteiger charge is -1.96. The standard InChI is InChI=1S/C6H5Br2NO/c7-3-4-1-2-5(10)6(8)9-4/h1-2,10H,3H2. The van der Waals surface area contributed by atoms with Crippen LogP contribution in [0.1, 0.15) is 5.69 Å². The molecule has 54 valence electrons. The maximum atomic E-state index is 9.01. The highest BCUT2D eigenvalue weighted by atomic mass is 79.9. The fraction of sp³-hybridized carbons (Fsp3) is 0.167. The molecule has 0 amide bonds. The van der Waals surface area contributed by atoms with E-state index in [1.54, 1.807) is 12.1 Å². The summed E-state index contributed by atoms with van der Waals surface area (Å²) in [6.07, 6.45) is 0. The van der Waals surface area contributed by atoms with Gasteiger partial charge in [0.1, 0.15) is 10.4 Å². The first-order valence-electron chi connectivity index (χ1n) is 2.64. The molecule has 0 aliphatic heterocycles. The van der Waals surface area contributed by atoms with Crippen LogP contribution in [0, 0.1) is 0 Å². The molecule has 1 rings (SSSR count). The molecule has 0 aliphatic rings. The summed E-state index contributed by atoms with van der Waals surface area (Å²) in [4.78, 5) is 4.01. The van der Waals surface area contributed by atoms with Crippen LogP contribution in [0.4, 0.5) is 0 Å². The monoisotopic (exact) mass is 265 g/mol. The van der Waals surface area contributed by atoms with Gasteiger partial charge in [0.25, 0.3) is 0 Å². The molecule has 1 aromatic heterocycles. The number of pyridine rings is 1. The van der Waals surface area contributed by atoms with Gasteiger partial charge in [-0.1, -0.05) is 15.9 Å². The van der Waals surface area contributed by atoms with Gasteiger partial charge < -0.3 is 5.11 Å². The smallest absolute Gasteiger partial charge is 0.148 e. The lowest BCUT2D eigenvalue weighted by molar-refractivity contribution is 0.468. The molecule has 0 unspecified atom stereocenters. The largest absolute Gasteiger partial charge is 0.505 e. The van der Waals surface area contributed by atoms with Crippen molar-refractivity contribution in [2.75, 3.05) is 0 Å². The molecule has 0 radical (unpaired) electrons. The summed E-state index contributed by atoms with van der Waals surface area (Å²) >= 11 is 6.36. The zero-order chi connectivity index (χ0) is 7.56. The Morgan fingerprint density at radius 3 is 2.70 bits per heavy atom. The van der Waals surface area contributed by atoms with E-state index in [2.05, 4.69) is 36.8 Å². The predicted molar refractivity (Wildman–Crippen MR) is 46.2 cm³/mol. The molecule has 1 heterocycles. The summed E-state index contributed by atoms with van der Waals surface area (Å²) in [5.41, 5.74) is 0.893. The molecule has 0 saturated heterocycles. The van der Waals surface area contributed by atoms with Crippen LogP contribution in [0.5, 0.6) is 5.75 Å². The number of aromatic nitrogens is 1. The number of alkyl halides is 1. The van der Waals surface area contributed by atoms with E-state index in [-0.39, 0.29) is 5.75 Å². The van der Waals surface area contributed by atoms with Gasteiger partial charge in [-0.3, -0.25) is 0 Å². The van der Waals surface area contributed by atoms with Crippen molar-refractivity contribution >= 4 is 31.9 Å². The summed E-state index contributed by atoms with van der Waals surface area (Å²) < 4.78 is 0.490. The van der Waals surface area contributed by atoms with E-state index >= 15 is 0 Å². The Kier molecular flexibility index (Phi) is 2.68. The molecule has 0 spiro atoms. The second kappa shape index (κ2) is 3.34. The van der Waals surface area contributed by atoms with Gasteiger partial charge in [-0.25, -0.2) is 4.98 Å². The molecule has 10 heavy (non-hydrogen) atoms. The number of hydrogen-bond acceptors (Lipinski definition) is 2. The second-order valence-electron chi connectivity index (χ2n) is 1.75. The van der Waals surface area contributed by atoms with Gasteiger partial charge in [0, 0.05) is 5.33 Å². The SMILES string of the molecule is Oc1ccc(CBr)nc1Br. The van der Waals surface area contributed by atoms with Crippen LogP contribution in [0.3, 0.4) is 0 Å². The van der Waals surface area contributed by atoms with E-state index in [1.807, 2.05) is 0 Å². The van der Waals surface area contributed by atoms with E-state index in [9.17, 15) is 0 Å². The Hall–Kier alpha value is -0.0900. The number of nitrogens with zero attached hydrogens (tertiary/aromatic N) is 1. The van der Waals surface area contributed by atoms with Crippen LogP contribution >= 0.6 is 31.9 Å². The van der Waals surface area contributed by atoms with E-state index in [0.717, 1.165) is 5.69 Å². The Morgan fingerprint density at radius 1 is 1.50 bits per heavy atom. The molecular weight excluding hydrogens is 262 g/mol. The molecule has 0 bridgehead atoms. The average molecular weight is 267 g/mol. The van der Waals surface area contributed by atoms with Crippen molar-refractivity contribution in [3.8, 4) is 5.75 Å². The fourth-order valence-corrected chi connectivity index (χ4v) is 1.21. The van der Waals surface area contributed by atoms with Crippen molar-refractivity contribution in [1.82, 2.24) is 4.98 Å². The first-order chi connectivity index (χ1) is 4.74. The van der Waals surface area contributed by atoms with Gasteiger partial charge in [0.2, 0.25) is 0 Å². The summed E-state index contributed by atoms with van der Waals surface area (Å²) in [5.74, 6) is 0.171. The Morgan fingerprint density at radius 2 is 2.20 bits per heavy atom. The minimum absolute atomic E-state index is 0.171. The number of aromatic hydroxyl groups is 1. The predicted octanol–water partition coefficient (Wildman–Crippen LogP) is 2.44. The van der Waals surface area contributed by atoms with E-state index in [4.69, 9.17) is 5.11 Å². The van der Waals surface area contributed by atoms with Crippen molar-refractivity contribution < 1.29 is 5.11 Å². The summed E-state index contributed by atoms with van der Waals surface area (Å²) in [5, 5.41) is 9.71. The Balaban J connectivity index is 3.04. The van der Waals surface area contributed by atoms with Gasteiger partial charge in [-0.2, -0.15) is 0 Å². The van der Waals surface area contributed by atoms with Gasteiger partial charge >= 0.3 is 0 Å². The van der Waals surface area contributed by atoms with Gasteiger partial charge in [-0.15, -0.1) is 0 Å². The molecule has 0 aliphatic carbocycles. The normalized spacial score (nSPS) is 9.80. The molecule has 0 saturated carbocycles. The van der Waals surface area contributed by atoms with Crippen molar-refractivity contribution in [1.29, 1.82) is 0 Å². The van der Waals surface area contributed by atoms with Gasteiger partial charge in [0.05, 0.1) is 5.69 Å². The first kappa shape index (κ1) is 8.01. The number of rotatable bonds is 1. The number of halogens is 2. The quantitative estimate of drug-likeness (QED) is 0.626. The number of hydrogen-bond donors (Lipinski definition) is 1. The average Bonchev–Trinajstić information content (AvgIpc) is 1.95. The van der Waals surface area contributed by atoms with Crippen LogP contribution in [0.25, 0.3) is 0 Å². The molecule has 4 heteroatoms. The summed E-state index contributed by atoms with van der Waals surface area (Å²) in [6, 6.07) is 3.36. The van der Waals surface area contributed by atoms with Crippen LogP contribution < -0.4 is 0 Å². The molecule has 0 fully saturated rings. The van der Waals surface area contributed by atoms with Gasteiger partial charge in [0.15, 0.2) is 0 Å². The van der Waals surface area contributed by atoms with Crippen molar-refractivity contribution in [3.05, 3.63) is 22.4 Å². The highest BCUT2D eigenvalue weighted by Crippen LogP contribution is 2.21.